The maximum atomic E-state index is 4.43. The molecule has 0 aromatic rings. The minimum atomic E-state index is 0. The second-order valence-electron chi connectivity index (χ2n) is 7.61. The van der Waals surface area contributed by atoms with Crippen molar-refractivity contribution in [1.82, 2.24) is 15.5 Å². The predicted molar refractivity (Wildman–Crippen MR) is 104 cm³/mol. The summed E-state index contributed by atoms with van der Waals surface area (Å²) in [6.45, 7) is 8.13. The normalized spacial score (nSPS) is 25.7. The average molecular weight is 420 g/mol. The number of rotatable bonds is 5. The van der Waals surface area contributed by atoms with Gasteiger partial charge in [-0.15, -0.1) is 24.0 Å². The van der Waals surface area contributed by atoms with Crippen LogP contribution in [0.2, 0.25) is 0 Å². The van der Waals surface area contributed by atoms with E-state index in [1.165, 1.54) is 51.6 Å². The molecule has 4 nitrogen and oxygen atoms in total. The Morgan fingerprint density at radius 2 is 1.82 bits per heavy atom. The quantitative estimate of drug-likeness (QED) is 0.408. The molecule has 2 aliphatic carbocycles. The van der Waals surface area contributed by atoms with Gasteiger partial charge in [0.25, 0.3) is 0 Å². The van der Waals surface area contributed by atoms with Gasteiger partial charge in [-0.3, -0.25) is 4.99 Å². The molecule has 3 fully saturated rings. The minimum Gasteiger partial charge on any atom is -0.356 e. The van der Waals surface area contributed by atoms with Gasteiger partial charge in [0.2, 0.25) is 0 Å². The van der Waals surface area contributed by atoms with Crippen LogP contribution in [0.1, 0.15) is 52.4 Å². The van der Waals surface area contributed by atoms with Crippen LogP contribution in [0.15, 0.2) is 4.99 Å². The Kier molecular flexibility index (Phi) is 6.39. The van der Waals surface area contributed by atoms with E-state index in [9.17, 15) is 0 Å². The van der Waals surface area contributed by atoms with Crippen LogP contribution in [-0.2, 0) is 0 Å². The third-order valence-corrected chi connectivity index (χ3v) is 5.77. The molecule has 0 unspecified atom stereocenters. The van der Waals surface area contributed by atoms with Crippen molar-refractivity contribution in [3.8, 4) is 0 Å². The van der Waals surface area contributed by atoms with Gasteiger partial charge >= 0.3 is 0 Å². The van der Waals surface area contributed by atoms with Crippen molar-refractivity contribution in [1.29, 1.82) is 0 Å². The van der Waals surface area contributed by atoms with Gasteiger partial charge in [0, 0.05) is 38.8 Å². The number of aliphatic imine (C=N–C) groups is 1. The Labute approximate surface area is 152 Å². The molecule has 1 heterocycles. The third-order valence-electron chi connectivity index (χ3n) is 5.77. The van der Waals surface area contributed by atoms with Crippen LogP contribution in [0.5, 0.6) is 0 Å². The number of likely N-dealkylation sites (tertiary alicyclic amines) is 1. The monoisotopic (exact) mass is 420 g/mol. The van der Waals surface area contributed by atoms with Gasteiger partial charge in [0.05, 0.1) is 0 Å². The van der Waals surface area contributed by atoms with Crippen molar-refractivity contribution in [3.63, 3.8) is 0 Å². The van der Waals surface area contributed by atoms with Crippen LogP contribution in [0.4, 0.5) is 0 Å². The summed E-state index contributed by atoms with van der Waals surface area (Å²) in [4.78, 5) is 7.00. The molecule has 128 valence electrons. The summed E-state index contributed by atoms with van der Waals surface area (Å²) in [6, 6.07) is 1.26. The number of nitrogens with one attached hydrogen (secondary N) is 2. The molecule has 0 aromatic heterocycles. The van der Waals surface area contributed by atoms with E-state index < -0.39 is 0 Å². The molecule has 0 aromatic carbocycles. The first-order valence-electron chi connectivity index (χ1n) is 8.84. The molecule has 0 amide bonds. The van der Waals surface area contributed by atoms with Crippen molar-refractivity contribution in [2.75, 3.05) is 26.7 Å². The lowest BCUT2D eigenvalue weighted by Gasteiger charge is -2.35. The minimum absolute atomic E-state index is 0. The van der Waals surface area contributed by atoms with E-state index in [-0.39, 0.29) is 24.0 Å². The number of nitrogens with zero attached hydrogens (tertiary/aromatic N) is 2. The Balaban J connectivity index is 0.00000176. The Bertz CT molecular complexity index is 380. The van der Waals surface area contributed by atoms with E-state index in [2.05, 4.69) is 34.4 Å². The van der Waals surface area contributed by atoms with Crippen LogP contribution in [-0.4, -0.2) is 49.6 Å². The van der Waals surface area contributed by atoms with E-state index in [0.717, 1.165) is 18.4 Å². The highest BCUT2D eigenvalue weighted by Gasteiger charge is 2.53. The maximum Gasteiger partial charge on any atom is 0.191 e. The summed E-state index contributed by atoms with van der Waals surface area (Å²) in [5, 5.41) is 7.24. The molecule has 0 radical (unpaired) electrons. The summed E-state index contributed by atoms with van der Waals surface area (Å²) in [5.74, 6) is 2.03. The molecule has 2 saturated carbocycles. The van der Waals surface area contributed by atoms with Crippen LogP contribution in [0.25, 0.3) is 0 Å². The average Bonchev–Trinajstić information content (AvgIpc) is 3.37. The molecule has 0 bridgehead atoms. The fourth-order valence-electron chi connectivity index (χ4n) is 3.79. The second kappa shape index (κ2) is 7.69. The smallest absolute Gasteiger partial charge is 0.191 e. The predicted octanol–water partition coefficient (Wildman–Crippen LogP) is 2.83. The number of hydrogen-bond donors (Lipinski definition) is 2. The number of guanidine groups is 1. The Morgan fingerprint density at radius 3 is 2.27 bits per heavy atom. The second-order valence-corrected chi connectivity index (χ2v) is 7.61. The summed E-state index contributed by atoms with van der Waals surface area (Å²) in [6.07, 6.45) is 8.23. The van der Waals surface area contributed by atoms with Crippen molar-refractivity contribution in [2.45, 2.75) is 64.5 Å². The number of piperidine rings is 1. The lowest BCUT2D eigenvalue weighted by Crippen LogP contribution is -2.50. The molecular weight excluding hydrogens is 387 g/mol. The first kappa shape index (κ1) is 18.3. The van der Waals surface area contributed by atoms with Crippen molar-refractivity contribution in [3.05, 3.63) is 0 Å². The molecular formula is C17H33IN4. The number of hydrogen-bond acceptors (Lipinski definition) is 2. The van der Waals surface area contributed by atoms with E-state index >= 15 is 0 Å². The van der Waals surface area contributed by atoms with Gasteiger partial charge in [0.1, 0.15) is 0 Å². The molecule has 1 saturated heterocycles. The molecule has 2 N–H and O–H groups in total. The van der Waals surface area contributed by atoms with E-state index in [4.69, 9.17) is 0 Å². The highest BCUT2D eigenvalue weighted by Crippen LogP contribution is 2.60. The van der Waals surface area contributed by atoms with Crippen molar-refractivity contribution < 1.29 is 0 Å². The Morgan fingerprint density at radius 1 is 1.18 bits per heavy atom. The fourth-order valence-corrected chi connectivity index (χ4v) is 3.79. The van der Waals surface area contributed by atoms with E-state index in [1.54, 1.807) is 0 Å². The molecule has 0 spiro atoms. The van der Waals surface area contributed by atoms with Gasteiger partial charge in [-0.25, -0.2) is 0 Å². The SMILES string of the molecule is CN=C(NCC1(C2CC2)CC1)NC1CCN(C(C)C)CC1.I. The largest absolute Gasteiger partial charge is 0.356 e. The lowest BCUT2D eigenvalue weighted by molar-refractivity contribution is 0.167. The first-order valence-corrected chi connectivity index (χ1v) is 8.84. The van der Waals surface area contributed by atoms with Crippen LogP contribution >= 0.6 is 24.0 Å². The highest BCUT2D eigenvalue weighted by molar-refractivity contribution is 14.0. The summed E-state index contributed by atoms with van der Waals surface area (Å²) in [5.41, 5.74) is 0.638. The number of halogens is 1. The zero-order chi connectivity index (χ0) is 14.9. The maximum absolute atomic E-state index is 4.43. The van der Waals surface area contributed by atoms with Crippen LogP contribution < -0.4 is 10.6 Å². The van der Waals surface area contributed by atoms with Gasteiger partial charge in [-0.1, -0.05) is 0 Å². The molecule has 5 heteroatoms. The molecule has 3 aliphatic rings. The topological polar surface area (TPSA) is 39.7 Å². The van der Waals surface area contributed by atoms with Crippen LogP contribution in [0.3, 0.4) is 0 Å². The first-order chi connectivity index (χ1) is 10.1. The van der Waals surface area contributed by atoms with Crippen LogP contribution in [0, 0.1) is 11.3 Å². The molecule has 22 heavy (non-hydrogen) atoms. The fraction of sp³-hybridized carbons (Fsp3) is 0.941. The molecule has 0 atom stereocenters. The van der Waals surface area contributed by atoms with Gasteiger partial charge in [0.15, 0.2) is 5.96 Å². The summed E-state index contributed by atoms with van der Waals surface area (Å²) < 4.78 is 0. The van der Waals surface area contributed by atoms with Crippen molar-refractivity contribution in [2.24, 2.45) is 16.3 Å². The van der Waals surface area contributed by atoms with Gasteiger partial charge in [-0.05, 0) is 63.7 Å². The van der Waals surface area contributed by atoms with Gasteiger partial charge in [-0.2, -0.15) is 0 Å². The Hall–Kier alpha value is -0.0400. The zero-order valence-electron chi connectivity index (χ0n) is 14.4. The van der Waals surface area contributed by atoms with Crippen molar-refractivity contribution >= 4 is 29.9 Å². The lowest BCUT2D eigenvalue weighted by atomic mass is 10.0. The van der Waals surface area contributed by atoms with E-state index in [0.29, 0.717) is 17.5 Å². The summed E-state index contributed by atoms with van der Waals surface area (Å²) >= 11 is 0. The summed E-state index contributed by atoms with van der Waals surface area (Å²) in [7, 11) is 1.90. The molecule has 1 aliphatic heterocycles. The highest BCUT2D eigenvalue weighted by atomic mass is 127. The zero-order valence-corrected chi connectivity index (χ0v) is 16.7. The van der Waals surface area contributed by atoms with Gasteiger partial charge < -0.3 is 15.5 Å². The molecule has 3 rings (SSSR count). The standard InChI is InChI=1S/C17H32N4.HI/c1-13(2)21-10-6-15(7-11-21)20-16(18-3)19-12-17(8-9-17)14-4-5-14;/h13-15H,4-12H2,1-3H3,(H2,18,19,20);1H. The van der Waals surface area contributed by atoms with E-state index in [1.807, 2.05) is 7.05 Å². The third kappa shape index (κ3) is 4.49.